The molecular formula is C27H28FN7O. The SMILES string of the molecule is Cc1nc2cc(-c3nc(-c4ccc(N5CCN(CC6CC6)CC5)cc4)c(F)nc3N)ccc2c(=O)[nH]1. The lowest BCUT2D eigenvalue weighted by molar-refractivity contribution is 0.248. The van der Waals surface area contributed by atoms with E-state index in [2.05, 4.69) is 29.7 Å². The van der Waals surface area contributed by atoms with Crippen molar-refractivity contribution in [3.63, 3.8) is 0 Å². The Balaban J connectivity index is 1.27. The van der Waals surface area contributed by atoms with Gasteiger partial charge in [-0.1, -0.05) is 18.2 Å². The van der Waals surface area contributed by atoms with Gasteiger partial charge in [0.1, 0.15) is 17.2 Å². The number of benzene rings is 2. The van der Waals surface area contributed by atoms with E-state index in [0.717, 1.165) is 37.8 Å². The molecule has 1 saturated carbocycles. The van der Waals surface area contributed by atoms with Crippen LogP contribution in [0.5, 0.6) is 0 Å². The fourth-order valence-electron chi connectivity index (χ4n) is 4.91. The van der Waals surface area contributed by atoms with E-state index in [4.69, 9.17) is 5.73 Å². The van der Waals surface area contributed by atoms with E-state index in [0.29, 0.717) is 33.5 Å². The number of anilines is 2. The summed E-state index contributed by atoms with van der Waals surface area (Å²) in [5, 5.41) is 0.460. The third-order valence-corrected chi connectivity index (χ3v) is 7.07. The molecule has 2 aliphatic rings. The first-order valence-electron chi connectivity index (χ1n) is 12.4. The second kappa shape index (κ2) is 8.98. The van der Waals surface area contributed by atoms with E-state index in [-0.39, 0.29) is 17.1 Å². The van der Waals surface area contributed by atoms with Gasteiger partial charge < -0.3 is 15.6 Å². The zero-order valence-electron chi connectivity index (χ0n) is 20.2. The molecule has 2 aromatic carbocycles. The summed E-state index contributed by atoms with van der Waals surface area (Å²) in [5.74, 6) is 0.684. The maximum atomic E-state index is 14.9. The van der Waals surface area contributed by atoms with Crippen molar-refractivity contribution in [2.24, 2.45) is 5.92 Å². The zero-order valence-corrected chi connectivity index (χ0v) is 20.2. The zero-order chi connectivity index (χ0) is 24.8. The van der Waals surface area contributed by atoms with Crippen molar-refractivity contribution in [3.05, 3.63) is 64.6 Å². The number of halogens is 1. The molecule has 36 heavy (non-hydrogen) atoms. The Kier molecular flexibility index (Phi) is 5.64. The van der Waals surface area contributed by atoms with Gasteiger partial charge in [0.05, 0.1) is 10.9 Å². The van der Waals surface area contributed by atoms with Crippen LogP contribution in [0.3, 0.4) is 0 Å². The summed E-state index contributed by atoms with van der Waals surface area (Å²) in [6.45, 7) is 7.08. The number of rotatable bonds is 5. The Hall–Kier alpha value is -3.85. The highest BCUT2D eigenvalue weighted by molar-refractivity contribution is 5.85. The first kappa shape index (κ1) is 22.6. The number of aromatic nitrogens is 4. The molecule has 8 nitrogen and oxygen atoms in total. The Labute approximate surface area is 208 Å². The van der Waals surface area contributed by atoms with Crippen LogP contribution in [-0.2, 0) is 0 Å². The van der Waals surface area contributed by atoms with Crippen LogP contribution in [0, 0.1) is 18.8 Å². The Morgan fingerprint density at radius 1 is 0.972 bits per heavy atom. The summed E-state index contributed by atoms with van der Waals surface area (Å²) in [4.78, 5) is 32.7. The minimum atomic E-state index is -0.719. The van der Waals surface area contributed by atoms with Gasteiger partial charge in [-0.3, -0.25) is 9.69 Å². The lowest BCUT2D eigenvalue weighted by Gasteiger charge is -2.36. The van der Waals surface area contributed by atoms with Gasteiger partial charge in [-0.2, -0.15) is 9.37 Å². The standard InChI is InChI=1S/C27H28FN7O/c1-16-30-22-14-19(6-9-21(22)27(36)31-16)24-26(29)33-25(28)23(32-24)18-4-7-20(8-5-18)35-12-10-34(11-13-35)15-17-2-3-17/h4-9,14,17H,2-3,10-13,15H2,1H3,(H2,29,33)(H,30,31,36). The van der Waals surface area contributed by atoms with Crippen molar-refractivity contribution < 1.29 is 4.39 Å². The highest BCUT2D eigenvalue weighted by atomic mass is 19.1. The molecule has 0 bridgehead atoms. The smallest absolute Gasteiger partial charge is 0.258 e. The minimum Gasteiger partial charge on any atom is -0.382 e. The molecular weight excluding hydrogens is 457 g/mol. The molecule has 0 radical (unpaired) electrons. The summed E-state index contributed by atoms with van der Waals surface area (Å²) >= 11 is 0. The van der Waals surface area contributed by atoms with Crippen molar-refractivity contribution >= 4 is 22.4 Å². The second-order valence-electron chi connectivity index (χ2n) is 9.76. The van der Waals surface area contributed by atoms with Crippen LogP contribution < -0.4 is 16.2 Å². The molecule has 2 aromatic heterocycles. The molecule has 0 spiro atoms. The van der Waals surface area contributed by atoms with Crippen LogP contribution in [0.25, 0.3) is 33.4 Å². The van der Waals surface area contributed by atoms with E-state index >= 15 is 0 Å². The van der Waals surface area contributed by atoms with Crippen LogP contribution in [-0.4, -0.2) is 57.6 Å². The molecule has 9 heteroatoms. The van der Waals surface area contributed by atoms with E-state index in [1.165, 1.54) is 19.4 Å². The van der Waals surface area contributed by atoms with Gasteiger partial charge in [-0.05, 0) is 49.9 Å². The average Bonchev–Trinajstić information content (AvgIpc) is 3.68. The van der Waals surface area contributed by atoms with Crippen LogP contribution >= 0.6 is 0 Å². The molecule has 3 N–H and O–H groups in total. The lowest BCUT2D eigenvalue weighted by Crippen LogP contribution is -2.47. The first-order valence-corrected chi connectivity index (χ1v) is 12.4. The maximum absolute atomic E-state index is 14.9. The van der Waals surface area contributed by atoms with E-state index in [9.17, 15) is 9.18 Å². The fraction of sp³-hybridized carbons (Fsp3) is 0.333. The van der Waals surface area contributed by atoms with E-state index < -0.39 is 5.95 Å². The van der Waals surface area contributed by atoms with Gasteiger partial charge >= 0.3 is 0 Å². The highest BCUT2D eigenvalue weighted by Crippen LogP contribution is 2.32. The van der Waals surface area contributed by atoms with Gasteiger partial charge in [-0.15, -0.1) is 0 Å². The summed E-state index contributed by atoms with van der Waals surface area (Å²) in [6, 6.07) is 12.9. The van der Waals surface area contributed by atoms with E-state index in [1.807, 2.05) is 24.3 Å². The molecule has 0 atom stereocenters. The van der Waals surface area contributed by atoms with Crippen molar-refractivity contribution in [2.45, 2.75) is 19.8 Å². The number of hydrogen-bond donors (Lipinski definition) is 2. The normalized spacial score (nSPS) is 16.6. The monoisotopic (exact) mass is 485 g/mol. The van der Waals surface area contributed by atoms with Crippen molar-refractivity contribution in [1.82, 2.24) is 24.8 Å². The van der Waals surface area contributed by atoms with Crippen LogP contribution in [0.4, 0.5) is 15.9 Å². The van der Waals surface area contributed by atoms with Gasteiger partial charge in [0.15, 0.2) is 5.82 Å². The molecule has 1 aliphatic carbocycles. The third-order valence-electron chi connectivity index (χ3n) is 7.07. The largest absolute Gasteiger partial charge is 0.382 e. The third kappa shape index (κ3) is 4.42. The molecule has 6 rings (SSSR count). The van der Waals surface area contributed by atoms with Crippen molar-refractivity contribution in [3.8, 4) is 22.5 Å². The maximum Gasteiger partial charge on any atom is 0.258 e. The number of aryl methyl sites for hydroxylation is 1. The molecule has 0 unspecified atom stereocenters. The summed E-state index contributed by atoms with van der Waals surface area (Å²) < 4.78 is 14.9. The van der Waals surface area contributed by atoms with E-state index in [1.54, 1.807) is 25.1 Å². The number of nitrogens with one attached hydrogen (secondary N) is 1. The predicted octanol–water partition coefficient (Wildman–Crippen LogP) is 3.61. The Bertz CT molecular complexity index is 1490. The summed E-state index contributed by atoms with van der Waals surface area (Å²) in [5.41, 5.74) is 9.21. The molecule has 4 aromatic rings. The lowest BCUT2D eigenvalue weighted by atomic mass is 10.1. The van der Waals surface area contributed by atoms with Gasteiger partial charge in [0.2, 0.25) is 5.95 Å². The molecule has 1 aliphatic heterocycles. The Morgan fingerprint density at radius 3 is 2.42 bits per heavy atom. The van der Waals surface area contributed by atoms with Crippen molar-refractivity contribution in [2.75, 3.05) is 43.4 Å². The van der Waals surface area contributed by atoms with Crippen LogP contribution in [0.2, 0.25) is 0 Å². The number of H-pyrrole nitrogens is 1. The average molecular weight is 486 g/mol. The summed E-state index contributed by atoms with van der Waals surface area (Å²) in [7, 11) is 0. The number of nitrogens with zero attached hydrogens (tertiary/aromatic N) is 5. The predicted molar refractivity (Wildman–Crippen MR) is 139 cm³/mol. The topological polar surface area (TPSA) is 104 Å². The molecule has 3 heterocycles. The number of piperazine rings is 1. The van der Waals surface area contributed by atoms with Gasteiger partial charge in [0.25, 0.3) is 5.56 Å². The van der Waals surface area contributed by atoms with Crippen LogP contribution in [0.1, 0.15) is 18.7 Å². The molecule has 184 valence electrons. The fourth-order valence-corrected chi connectivity index (χ4v) is 4.91. The molecule has 1 saturated heterocycles. The molecule has 2 fully saturated rings. The van der Waals surface area contributed by atoms with Gasteiger partial charge in [0, 0.05) is 49.5 Å². The quantitative estimate of drug-likeness (QED) is 0.445. The highest BCUT2D eigenvalue weighted by Gasteiger charge is 2.26. The summed E-state index contributed by atoms with van der Waals surface area (Å²) in [6.07, 6.45) is 2.76. The number of hydrogen-bond acceptors (Lipinski definition) is 7. The Morgan fingerprint density at radius 2 is 1.69 bits per heavy atom. The van der Waals surface area contributed by atoms with Crippen molar-refractivity contribution in [1.29, 1.82) is 0 Å². The van der Waals surface area contributed by atoms with Gasteiger partial charge in [-0.25, -0.2) is 9.97 Å². The van der Waals surface area contributed by atoms with Crippen LogP contribution in [0.15, 0.2) is 47.3 Å². The number of aromatic amines is 1. The number of nitrogen functional groups attached to an aromatic ring is 1. The first-order chi connectivity index (χ1) is 17.4. The number of nitrogens with two attached hydrogens (primary N) is 1. The second-order valence-corrected chi connectivity index (χ2v) is 9.76. The minimum absolute atomic E-state index is 0.0159. The molecule has 0 amide bonds. The number of fused-ring (bicyclic) bond motifs is 1.